The number of ether oxygens (including phenoxy) is 1. The van der Waals surface area contributed by atoms with Gasteiger partial charge in [0.1, 0.15) is 11.4 Å². The van der Waals surface area contributed by atoms with Crippen molar-refractivity contribution in [3.05, 3.63) is 29.5 Å². The molecule has 7 rings (SSSR count). The maximum atomic E-state index is 15.0. The van der Waals surface area contributed by atoms with E-state index in [9.17, 15) is 18.4 Å². The maximum Gasteiger partial charge on any atom is 0.342 e. The minimum absolute atomic E-state index is 0.0921. The van der Waals surface area contributed by atoms with Gasteiger partial charge in [-0.1, -0.05) is 12.8 Å². The monoisotopic (exact) mass is 555 g/mol. The number of nitrogens with one attached hydrogen (secondary N) is 1. The number of amides is 2. The number of nitrogens with zero attached hydrogens (tertiary/aromatic N) is 5. The summed E-state index contributed by atoms with van der Waals surface area (Å²) in [5.41, 5.74) is 7.80. The third-order valence-corrected chi connectivity index (χ3v) is 9.07. The van der Waals surface area contributed by atoms with Crippen LogP contribution < -0.4 is 25.6 Å². The molecule has 1 saturated carbocycles. The van der Waals surface area contributed by atoms with Gasteiger partial charge in [0.05, 0.1) is 25.5 Å². The number of benzene rings is 1. The van der Waals surface area contributed by atoms with Gasteiger partial charge in [-0.15, -0.1) is 0 Å². The Kier molecular flexibility index (Phi) is 6.76. The van der Waals surface area contributed by atoms with E-state index in [-0.39, 0.29) is 23.6 Å². The Labute approximate surface area is 231 Å². The van der Waals surface area contributed by atoms with Crippen LogP contribution >= 0.6 is 0 Å². The van der Waals surface area contributed by atoms with E-state index in [1.807, 2.05) is 0 Å². The Bertz CT molecular complexity index is 1330. The lowest BCUT2D eigenvalue weighted by Gasteiger charge is -2.45. The van der Waals surface area contributed by atoms with Gasteiger partial charge in [0.25, 0.3) is 5.91 Å². The Balaban J connectivity index is 1.40. The number of anilines is 4. The Morgan fingerprint density at radius 1 is 1.18 bits per heavy atom. The first-order chi connectivity index (χ1) is 19.2. The van der Waals surface area contributed by atoms with Gasteiger partial charge in [0.15, 0.2) is 5.82 Å². The number of alkyl halides is 2. The van der Waals surface area contributed by atoms with Crippen molar-refractivity contribution in [2.24, 2.45) is 11.7 Å². The summed E-state index contributed by atoms with van der Waals surface area (Å²) in [5, 5.41) is 3.21. The van der Waals surface area contributed by atoms with Crippen LogP contribution in [0.5, 0.6) is 5.75 Å². The first-order valence-corrected chi connectivity index (χ1v) is 14.0. The molecule has 5 heterocycles. The number of fused-ring (bicyclic) bond motifs is 4. The molecule has 4 fully saturated rings. The number of rotatable bonds is 6. The Hall–Kier alpha value is -3.54. The van der Waals surface area contributed by atoms with Crippen molar-refractivity contribution >= 4 is 35.0 Å². The van der Waals surface area contributed by atoms with Crippen LogP contribution in [0.1, 0.15) is 60.4 Å². The lowest BCUT2D eigenvalue weighted by atomic mass is 9.73. The molecular formula is C28H35F2N7O3. The summed E-state index contributed by atoms with van der Waals surface area (Å²) in [7, 11) is 2.88. The van der Waals surface area contributed by atoms with Crippen LogP contribution in [0.2, 0.25) is 0 Å². The highest BCUT2D eigenvalue weighted by Crippen LogP contribution is 2.47. The van der Waals surface area contributed by atoms with Gasteiger partial charge in [0.2, 0.25) is 11.9 Å². The number of nitrogens with two attached hydrogens (primary N) is 1. The first kappa shape index (κ1) is 26.7. The summed E-state index contributed by atoms with van der Waals surface area (Å²) in [6.45, 7) is 2.18. The molecule has 3 saturated heterocycles. The van der Waals surface area contributed by atoms with Crippen LogP contribution in [0.25, 0.3) is 0 Å². The summed E-state index contributed by atoms with van der Waals surface area (Å²) < 4.78 is 35.8. The summed E-state index contributed by atoms with van der Waals surface area (Å²) in [6, 6.07) is 3.26. The van der Waals surface area contributed by atoms with E-state index in [0.717, 1.165) is 68.6 Å². The number of halogens is 2. The van der Waals surface area contributed by atoms with Crippen LogP contribution in [0.15, 0.2) is 18.3 Å². The van der Waals surface area contributed by atoms with E-state index in [4.69, 9.17) is 10.5 Å². The topological polar surface area (TPSA) is 117 Å². The number of carbonyl (C=O) groups excluding carboxylic acids is 2. The van der Waals surface area contributed by atoms with E-state index < -0.39 is 24.3 Å². The summed E-state index contributed by atoms with van der Waals surface area (Å²) in [6.07, 6.45) is 6.89. The minimum atomic E-state index is -3.55. The van der Waals surface area contributed by atoms with Crippen LogP contribution in [0.3, 0.4) is 0 Å². The number of piperidine rings is 3. The van der Waals surface area contributed by atoms with E-state index in [1.54, 1.807) is 24.1 Å². The zero-order chi connectivity index (χ0) is 28.2. The van der Waals surface area contributed by atoms with Crippen LogP contribution in [0, 0.1) is 5.92 Å². The molecule has 2 bridgehead atoms. The zero-order valence-corrected chi connectivity index (χ0v) is 22.8. The quantitative estimate of drug-likeness (QED) is 0.557. The van der Waals surface area contributed by atoms with Gasteiger partial charge in [-0.25, -0.2) is 4.98 Å². The molecule has 12 heteroatoms. The molecule has 3 N–H and O–H groups in total. The fraction of sp³-hybridized carbons (Fsp3) is 0.571. The largest absolute Gasteiger partial charge is 0.494 e. The number of carbonyl (C=O) groups is 2. The Morgan fingerprint density at radius 3 is 2.52 bits per heavy atom. The van der Waals surface area contributed by atoms with Crippen molar-refractivity contribution in [1.82, 2.24) is 14.9 Å². The fourth-order valence-electron chi connectivity index (χ4n) is 7.02. The third-order valence-electron chi connectivity index (χ3n) is 9.07. The van der Waals surface area contributed by atoms with Crippen molar-refractivity contribution in [2.75, 3.05) is 55.5 Å². The highest BCUT2D eigenvalue weighted by molar-refractivity contribution is 6.02. The summed E-state index contributed by atoms with van der Waals surface area (Å²) in [5.74, 6) is -3.85. The lowest BCUT2D eigenvalue weighted by Crippen LogP contribution is -2.48. The number of aromatic nitrogens is 2. The second kappa shape index (κ2) is 10.1. The molecule has 1 aliphatic carbocycles. The predicted molar refractivity (Wildman–Crippen MR) is 147 cm³/mol. The number of primary amides is 1. The normalized spacial score (nSPS) is 26.0. The average Bonchev–Trinajstić information content (AvgIpc) is 3.48. The molecule has 0 radical (unpaired) electrons. The highest BCUT2D eigenvalue weighted by atomic mass is 19.3. The van der Waals surface area contributed by atoms with Crippen LogP contribution in [0.4, 0.5) is 31.9 Å². The van der Waals surface area contributed by atoms with Crippen molar-refractivity contribution < 1.29 is 23.1 Å². The minimum Gasteiger partial charge on any atom is -0.494 e. The van der Waals surface area contributed by atoms with Crippen molar-refractivity contribution in [3.63, 3.8) is 0 Å². The van der Waals surface area contributed by atoms with Gasteiger partial charge in [-0.05, 0) is 56.8 Å². The van der Waals surface area contributed by atoms with E-state index in [1.165, 1.54) is 13.2 Å². The molecule has 4 aliphatic heterocycles. The molecule has 1 atom stereocenters. The molecule has 214 valence electrons. The number of hydrogen-bond donors (Lipinski definition) is 2. The van der Waals surface area contributed by atoms with Gasteiger partial charge in [0, 0.05) is 36.7 Å². The summed E-state index contributed by atoms with van der Waals surface area (Å²) in [4.78, 5) is 39.1. The highest BCUT2D eigenvalue weighted by Gasteiger charge is 2.49. The molecule has 40 heavy (non-hydrogen) atoms. The molecule has 1 aromatic heterocycles. The second-order valence-corrected chi connectivity index (χ2v) is 11.4. The van der Waals surface area contributed by atoms with Crippen molar-refractivity contribution in [2.45, 2.75) is 56.4 Å². The molecule has 2 aromatic rings. The predicted octanol–water partition coefficient (Wildman–Crippen LogP) is 3.50. The van der Waals surface area contributed by atoms with Gasteiger partial charge in [-0.3, -0.25) is 9.59 Å². The molecule has 0 spiro atoms. The number of hydrogen-bond acceptors (Lipinski definition) is 8. The number of methoxy groups -OCH3 is 1. The molecule has 10 nitrogen and oxygen atoms in total. The van der Waals surface area contributed by atoms with Crippen molar-refractivity contribution in [3.8, 4) is 5.75 Å². The average molecular weight is 556 g/mol. The molecule has 2 amide bonds. The molecule has 0 unspecified atom stereocenters. The molecular weight excluding hydrogens is 520 g/mol. The third kappa shape index (κ3) is 4.51. The van der Waals surface area contributed by atoms with Crippen molar-refractivity contribution in [1.29, 1.82) is 0 Å². The van der Waals surface area contributed by atoms with E-state index in [2.05, 4.69) is 20.2 Å². The first-order valence-electron chi connectivity index (χ1n) is 14.0. The summed E-state index contributed by atoms with van der Waals surface area (Å²) >= 11 is 0. The zero-order valence-electron chi connectivity index (χ0n) is 22.8. The fourth-order valence-corrected chi connectivity index (χ4v) is 7.02. The van der Waals surface area contributed by atoms with E-state index in [0.29, 0.717) is 28.7 Å². The smallest absolute Gasteiger partial charge is 0.342 e. The lowest BCUT2D eigenvalue weighted by molar-refractivity contribution is -0.140. The maximum absolute atomic E-state index is 15.0. The SMILES string of the molecule is COc1c(Nc2ncc3c(n2)N(C2CCCC2)CC(F)(F)C(=O)N3C)ccc(C(N)=O)c1[C@H]1CN2CCC1CC2. The second-order valence-electron chi connectivity index (χ2n) is 11.4. The molecule has 1 aromatic carbocycles. The Morgan fingerprint density at radius 2 is 1.90 bits per heavy atom. The standard InChI is InChI=1S/C28H35F2N7O3/c1-35-21-13-32-27(34-25(21)37(17-5-3-4-6-17)15-28(29,30)26(35)39)33-20-8-7-18(24(31)38)22(23(20)40-2)19-14-36-11-9-16(19)10-12-36/h7-8,13,16-17,19H,3-6,9-12,14-15H2,1-2H3,(H2,31,38)(H,32,33,34)/t19-/m0/s1. The van der Waals surface area contributed by atoms with Gasteiger partial charge in [-0.2, -0.15) is 13.8 Å². The van der Waals surface area contributed by atoms with Gasteiger partial charge >= 0.3 is 5.92 Å². The molecule has 5 aliphatic rings. The van der Waals surface area contributed by atoms with Crippen LogP contribution in [-0.4, -0.2) is 79.0 Å². The van der Waals surface area contributed by atoms with E-state index >= 15 is 0 Å². The van der Waals surface area contributed by atoms with Crippen LogP contribution in [-0.2, 0) is 4.79 Å². The van der Waals surface area contributed by atoms with Gasteiger partial charge < -0.3 is 30.5 Å².